The molecule has 0 radical (unpaired) electrons. The zero-order valence-corrected chi connectivity index (χ0v) is 32.1. The number of aromatic hydroxyl groups is 1. The summed E-state index contributed by atoms with van der Waals surface area (Å²) in [5.41, 5.74) is 8.04. The van der Waals surface area contributed by atoms with E-state index in [9.17, 15) is 24.9 Å². The standard InChI is InChI=1S/C41H54N8O7/c1-25(2)38(40(52)49-24-29(50)19-34(49)41(53)54)36-20-37(46-56-36)48-15-9-26(10-16-48)23-47-13-11-30(12-14-47)55-31-17-27(18-31)7-8-28-21-43-22-33(44-45-39(28)42)32-5-3-4-6-35(32)51/h3-6,20-22,25-27,29-31,34,38,44-45,50-51H,9-19,23-24,42H2,1-2H3,(H,53,54)/t27?,29-,31?,34+,38-/m1/s1. The van der Waals surface area contributed by atoms with Crippen LogP contribution in [0.2, 0.25) is 0 Å². The first-order valence-corrected chi connectivity index (χ1v) is 19.9. The number of para-hydroxylation sites is 1. The Morgan fingerprint density at radius 3 is 2.50 bits per heavy atom. The number of H-pyrrole nitrogens is 2. The largest absolute Gasteiger partial charge is 0.507 e. The number of phenols is 1. The van der Waals surface area contributed by atoms with Gasteiger partial charge < -0.3 is 45.0 Å². The third-order valence-corrected chi connectivity index (χ3v) is 11.7. The first-order chi connectivity index (χ1) is 27.0. The number of nitrogen functional groups attached to an aromatic ring is 1. The van der Waals surface area contributed by atoms with E-state index in [1.165, 1.54) is 4.90 Å². The number of aliphatic hydroxyl groups excluding tert-OH is 1. The molecule has 0 bridgehead atoms. The fourth-order valence-electron chi connectivity index (χ4n) is 8.39. The third-order valence-electron chi connectivity index (χ3n) is 11.7. The maximum atomic E-state index is 13.5. The number of hydrogen-bond acceptors (Lipinski definition) is 11. The zero-order valence-electron chi connectivity index (χ0n) is 32.1. The van der Waals surface area contributed by atoms with Crippen LogP contribution in [0.3, 0.4) is 0 Å². The van der Waals surface area contributed by atoms with Crippen molar-refractivity contribution in [2.45, 2.75) is 89.1 Å². The summed E-state index contributed by atoms with van der Waals surface area (Å²) in [6.07, 6.45) is 8.89. The molecule has 7 N–H and O–H groups in total. The molecule has 15 nitrogen and oxygen atoms in total. The first kappa shape index (κ1) is 39.2. The summed E-state index contributed by atoms with van der Waals surface area (Å²) in [4.78, 5) is 35.7. The lowest BCUT2D eigenvalue weighted by Gasteiger charge is -2.40. The van der Waals surface area contributed by atoms with Crippen LogP contribution in [0.1, 0.15) is 76.0 Å². The number of amides is 1. The van der Waals surface area contributed by atoms with Gasteiger partial charge in [-0.05, 0) is 62.5 Å². The van der Waals surface area contributed by atoms with Gasteiger partial charge in [0.05, 0.1) is 35.8 Å². The number of aliphatic carboxylic acids is 1. The number of phenolic OH excluding ortho intramolecular Hbond substituents is 1. The maximum Gasteiger partial charge on any atom is 0.326 e. The Morgan fingerprint density at radius 2 is 1.79 bits per heavy atom. The number of benzene rings is 1. The quantitative estimate of drug-likeness (QED) is 0.161. The highest BCUT2D eigenvalue weighted by atomic mass is 16.5. The number of nitrogens with two attached hydrogens (primary N) is 1. The monoisotopic (exact) mass is 770 g/mol. The number of carboxylic acids is 1. The van der Waals surface area contributed by atoms with E-state index in [1.54, 1.807) is 30.6 Å². The van der Waals surface area contributed by atoms with Gasteiger partial charge in [-0.2, -0.15) is 0 Å². The Hall–Kier alpha value is -5.04. The van der Waals surface area contributed by atoms with Crippen molar-refractivity contribution in [3.05, 3.63) is 54.0 Å². The van der Waals surface area contributed by atoms with Crippen LogP contribution in [0, 0.1) is 29.6 Å². The highest BCUT2D eigenvalue weighted by molar-refractivity contribution is 5.88. The van der Waals surface area contributed by atoms with Crippen LogP contribution in [-0.2, 0) is 14.3 Å². The Bertz CT molecular complexity index is 1940. The van der Waals surface area contributed by atoms with Gasteiger partial charge in [-0.25, -0.2) is 4.79 Å². The minimum Gasteiger partial charge on any atom is -0.507 e. The molecule has 0 unspecified atom stereocenters. The lowest BCUT2D eigenvalue weighted by molar-refractivity contribution is -0.149. The molecule has 56 heavy (non-hydrogen) atoms. The molecule has 300 valence electrons. The average Bonchev–Trinajstić information content (AvgIpc) is 3.80. The maximum absolute atomic E-state index is 13.5. The molecule has 1 aromatic carbocycles. The van der Waals surface area contributed by atoms with Crippen molar-refractivity contribution in [3.8, 4) is 28.8 Å². The van der Waals surface area contributed by atoms with Crippen LogP contribution in [-0.4, -0.2) is 121 Å². The summed E-state index contributed by atoms with van der Waals surface area (Å²) in [5.74, 6) is 6.73. The van der Waals surface area contributed by atoms with Crippen LogP contribution < -0.4 is 10.6 Å². The highest BCUT2D eigenvalue weighted by Gasteiger charge is 2.43. The van der Waals surface area contributed by atoms with Crippen LogP contribution in [0.15, 0.2) is 47.2 Å². The van der Waals surface area contributed by atoms with Crippen molar-refractivity contribution in [2.24, 2.45) is 17.8 Å². The smallest absolute Gasteiger partial charge is 0.326 e. The lowest BCUT2D eigenvalue weighted by Crippen LogP contribution is -2.44. The fraction of sp³-hybridized carbons (Fsp3) is 0.561. The Labute approximate surface area is 326 Å². The number of rotatable bonds is 10. The summed E-state index contributed by atoms with van der Waals surface area (Å²) >= 11 is 0. The minimum absolute atomic E-state index is 0.00306. The minimum atomic E-state index is -1.11. The van der Waals surface area contributed by atoms with Crippen LogP contribution >= 0.6 is 0 Å². The predicted molar refractivity (Wildman–Crippen MR) is 209 cm³/mol. The molecule has 4 fully saturated rings. The molecule has 3 aliphatic heterocycles. The molecular formula is C41H54N8O7. The Kier molecular flexibility index (Phi) is 12.2. The van der Waals surface area contributed by atoms with Crippen molar-refractivity contribution in [3.63, 3.8) is 0 Å². The molecule has 1 amide bonds. The summed E-state index contributed by atoms with van der Waals surface area (Å²) in [6.45, 7) is 8.65. The average molecular weight is 771 g/mol. The Morgan fingerprint density at radius 1 is 1.04 bits per heavy atom. The number of anilines is 2. The van der Waals surface area contributed by atoms with Gasteiger partial charge in [0, 0.05) is 69.4 Å². The molecule has 15 heteroatoms. The predicted octanol–water partition coefficient (Wildman–Crippen LogP) is 4.12. The molecule has 7 rings (SSSR count). The molecular weight excluding hydrogens is 716 g/mol. The number of ether oxygens (including phenoxy) is 1. The molecule has 1 aliphatic carbocycles. The van der Waals surface area contributed by atoms with E-state index < -0.39 is 24.0 Å². The molecule has 2 aromatic heterocycles. The van der Waals surface area contributed by atoms with E-state index in [4.69, 9.17) is 15.0 Å². The number of piperidine rings is 2. The fourth-order valence-corrected chi connectivity index (χ4v) is 8.39. The molecule has 3 atom stereocenters. The summed E-state index contributed by atoms with van der Waals surface area (Å²) in [6, 6.07) is 7.79. The summed E-state index contributed by atoms with van der Waals surface area (Å²) in [7, 11) is 0. The topological polar surface area (TPSA) is 210 Å². The number of carbonyl (C=O) groups is 2. The van der Waals surface area contributed by atoms with Gasteiger partial charge in [0.15, 0.2) is 11.6 Å². The van der Waals surface area contributed by atoms with Crippen molar-refractivity contribution in [1.29, 1.82) is 0 Å². The molecule has 3 aromatic rings. The van der Waals surface area contributed by atoms with Crippen LogP contribution in [0.5, 0.6) is 5.75 Å². The number of carbonyl (C=O) groups excluding carboxylic acids is 1. The number of nitrogens with zero attached hydrogens (tertiary/aromatic N) is 5. The zero-order chi connectivity index (χ0) is 39.3. The number of aliphatic hydroxyl groups is 1. The highest BCUT2D eigenvalue weighted by Crippen LogP contribution is 2.35. The van der Waals surface area contributed by atoms with Gasteiger partial charge in [0.25, 0.3) is 0 Å². The van der Waals surface area contributed by atoms with E-state index in [0.29, 0.717) is 40.1 Å². The van der Waals surface area contributed by atoms with E-state index >= 15 is 0 Å². The molecule has 4 aliphatic rings. The third kappa shape index (κ3) is 9.15. The van der Waals surface area contributed by atoms with E-state index in [2.05, 4.69) is 42.0 Å². The number of hydrogen-bond donors (Lipinski definition) is 6. The summed E-state index contributed by atoms with van der Waals surface area (Å²) in [5, 5.41) is 40.2. The molecule has 3 saturated heterocycles. The first-order valence-electron chi connectivity index (χ1n) is 19.9. The number of carboxylic acid groups (broad SMARTS) is 1. The van der Waals surface area contributed by atoms with E-state index in [-0.39, 0.29) is 48.7 Å². The van der Waals surface area contributed by atoms with Crippen LogP contribution in [0.4, 0.5) is 11.6 Å². The van der Waals surface area contributed by atoms with Crippen molar-refractivity contribution in [2.75, 3.05) is 49.9 Å². The second-order valence-electron chi connectivity index (χ2n) is 16.1. The molecule has 0 spiro atoms. The van der Waals surface area contributed by atoms with Crippen molar-refractivity contribution in [1.82, 2.24) is 30.1 Å². The second-order valence-corrected chi connectivity index (χ2v) is 16.1. The van der Waals surface area contributed by atoms with E-state index in [0.717, 1.165) is 71.2 Å². The van der Waals surface area contributed by atoms with E-state index in [1.807, 2.05) is 26.0 Å². The summed E-state index contributed by atoms with van der Waals surface area (Å²) < 4.78 is 12.2. The van der Waals surface area contributed by atoms with Gasteiger partial charge in [-0.1, -0.05) is 43.0 Å². The van der Waals surface area contributed by atoms with Crippen LogP contribution in [0.25, 0.3) is 11.3 Å². The van der Waals surface area contributed by atoms with Gasteiger partial charge in [0.2, 0.25) is 5.91 Å². The number of likely N-dealkylation sites (tertiary alicyclic amines) is 2. The van der Waals surface area contributed by atoms with Gasteiger partial charge in [0.1, 0.15) is 23.5 Å². The molecule has 5 heterocycles. The van der Waals surface area contributed by atoms with Gasteiger partial charge in [-0.3, -0.25) is 20.0 Å². The number of β-amino-alcohol motifs (C(OH)–C–C–N with tert-alkyl or cyclic N) is 1. The number of aromatic nitrogens is 4. The lowest BCUT2D eigenvalue weighted by atomic mass is 9.82. The Balaban J connectivity index is 0.819. The second kappa shape index (κ2) is 17.4. The van der Waals surface area contributed by atoms with Gasteiger partial charge in [-0.15, -0.1) is 0 Å². The number of aromatic amines is 2. The SMILES string of the molecule is CC(C)[C@@H](C(=O)N1C[C@H](O)C[C@H]1C(=O)O)c1cc(N2CCC(CN3CCC(OC4CC(C#Cc5cncc(-c6ccccc6O)[nH][nH]c5N)C4)CC3)CC2)no1. The van der Waals surface area contributed by atoms with Crippen molar-refractivity contribution < 1.29 is 34.2 Å². The normalized spacial score (nSPS) is 24.0. The molecule has 1 saturated carbocycles. The van der Waals surface area contributed by atoms with Gasteiger partial charge >= 0.3 is 5.97 Å². The van der Waals surface area contributed by atoms with Crippen molar-refractivity contribution >= 4 is 23.5 Å². The number of nitrogens with one attached hydrogen (secondary N) is 2.